The molecule has 15 heavy (non-hydrogen) atoms. The summed E-state index contributed by atoms with van der Waals surface area (Å²) in [5.41, 5.74) is 1.18. The Kier molecular flexibility index (Phi) is 4.84. The quantitative estimate of drug-likeness (QED) is 0.771. The molecular weight excluding hydrogens is 192 g/mol. The maximum absolute atomic E-state index is 9.96. The summed E-state index contributed by atoms with van der Waals surface area (Å²) in [5, 5.41) is 9.23. The smallest absolute Gasteiger partial charge is 0.201 e. The SMILES string of the molecule is Cc1ccc(OCC[C@@H](O)C[C]=O)cc1. The van der Waals surface area contributed by atoms with Gasteiger partial charge in [-0.25, -0.2) is 0 Å². The van der Waals surface area contributed by atoms with Crippen molar-refractivity contribution in [2.24, 2.45) is 0 Å². The van der Waals surface area contributed by atoms with Crippen LogP contribution in [-0.4, -0.2) is 24.1 Å². The summed E-state index contributed by atoms with van der Waals surface area (Å²) in [6.07, 6.45) is 1.52. The van der Waals surface area contributed by atoms with Crippen molar-refractivity contribution in [2.75, 3.05) is 6.61 Å². The van der Waals surface area contributed by atoms with Gasteiger partial charge in [-0.3, -0.25) is 4.79 Å². The summed E-state index contributed by atoms with van der Waals surface area (Å²) >= 11 is 0. The van der Waals surface area contributed by atoms with Crippen LogP contribution in [0.15, 0.2) is 24.3 Å². The van der Waals surface area contributed by atoms with E-state index in [0.717, 1.165) is 5.75 Å². The lowest BCUT2D eigenvalue weighted by molar-refractivity contribution is 0.145. The maximum Gasteiger partial charge on any atom is 0.201 e. The number of carbonyl (C=O) groups excluding carboxylic acids is 1. The van der Waals surface area contributed by atoms with Crippen LogP contribution in [0.1, 0.15) is 18.4 Å². The fourth-order valence-electron chi connectivity index (χ4n) is 1.15. The van der Waals surface area contributed by atoms with Crippen molar-refractivity contribution in [3.05, 3.63) is 29.8 Å². The van der Waals surface area contributed by atoms with E-state index in [0.29, 0.717) is 13.0 Å². The van der Waals surface area contributed by atoms with Gasteiger partial charge < -0.3 is 9.84 Å². The molecular formula is C12H15O3. The first-order valence-corrected chi connectivity index (χ1v) is 4.95. The van der Waals surface area contributed by atoms with Gasteiger partial charge >= 0.3 is 0 Å². The number of hydrogen-bond donors (Lipinski definition) is 1. The van der Waals surface area contributed by atoms with Gasteiger partial charge in [0.15, 0.2) is 0 Å². The molecule has 0 saturated carbocycles. The summed E-state index contributed by atoms with van der Waals surface area (Å²) in [4.78, 5) is 9.96. The highest BCUT2D eigenvalue weighted by Gasteiger charge is 2.03. The molecule has 1 rings (SSSR count). The lowest BCUT2D eigenvalue weighted by Gasteiger charge is -2.08. The maximum atomic E-state index is 9.96. The molecule has 0 fully saturated rings. The average Bonchev–Trinajstić information content (AvgIpc) is 2.21. The predicted octanol–water partition coefficient (Wildman–Crippen LogP) is 1.62. The molecule has 0 saturated heterocycles. The van der Waals surface area contributed by atoms with Gasteiger partial charge in [-0.15, -0.1) is 0 Å². The van der Waals surface area contributed by atoms with E-state index in [1.807, 2.05) is 31.2 Å². The average molecular weight is 207 g/mol. The van der Waals surface area contributed by atoms with Crippen LogP contribution in [0.3, 0.4) is 0 Å². The molecule has 0 spiro atoms. The van der Waals surface area contributed by atoms with Crippen molar-refractivity contribution in [1.29, 1.82) is 0 Å². The Balaban J connectivity index is 2.25. The zero-order valence-electron chi connectivity index (χ0n) is 8.77. The van der Waals surface area contributed by atoms with Gasteiger partial charge in [0.25, 0.3) is 0 Å². The Hall–Kier alpha value is -1.35. The van der Waals surface area contributed by atoms with Crippen LogP contribution in [0, 0.1) is 6.92 Å². The van der Waals surface area contributed by atoms with Gasteiger partial charge in [-0.2, -0.15) is 0 Å². The second kappa shape index (κ2) is 6.19. The Morgan fingerprint density at radius 3 is 2.67 bits per heavy atom. The molecule has 0 unspecified atom stereocenters. The molecule has 81 valence electrons. The standard InChI is InChI=1S/C12H15O3/c1-10-2-4-12(5-3-10)15-9-7-11(14)6-8-13/h2-5,11,14H,6-7,9H2,1H3/t11-/m0/s1. The van der Waals surface area contributed by atoms with Crippen molar-refractivity contribution in [2.45, 2.75) is 25.9 Å². The summed E-state index contributed by atoms with van der Waals surface area (Å²) in [6, 6.07) is 7.69. The topological polar surface area (TPSA) is 46.5 Å². The second-order valence-corrected chi connectivity index (χ2v) is 3.45. The van der Waals surface area contributed by atoms with Crippen molar-refractivity contribution in [3.8, 4) is 5.75 Å². The molecule has 1 aromatic carbocycles. The van der Waals surface area contributed by atoms with Crippen LogP contribution in [0.2, 0.25) is 0 Å². The van der Waals surface area contributed by atoms with Gasteiger partial charge in [0.05, 0.1) is 12.7 Å². The van der Waals surface area contributed by atoms with Gasteiger partial charge in [0.1, 0.15) is 5.75 Å². The summed E-state index contributed by atoms with van der Waals surface area (Å²) < 4.78 is 5.39. The summed E-state index contributed by atoms with van der Waals surface area (Å²) in [7, 11) is 0. The van der Waals surface area contributed by atoms with Crippen molar-refractivity contribution < 1.29 is 14.6 Å². The normalized spacial score (nSPS) is 12.1. The Bertz CT molecular complexity index is 292. The lowest BCUT2D eigenvalue weighted by atomic mass is 10.2. The van der Waals surface area contributed by atoms with Crippen LogP contribution in [-0.2, 0) is 4.79 Å². The van der Waals surface area contributed by atoms with E-state index in [4.69, 9.17) is 4.74 Å². The second-order valence-electron chi connectivity index (χ2n) is 3.45. The molecule has 1 radical (unpaired) electrons. The van der Waals surface area contributed by atoms with E-state index in [1.165, 1.54) is 5.56 Å². The fraction of sp³-hybridized carbons (Fsp3) is 0.417. The monoisotopic (exact) mass is 207 g/mol. The van der Waals surface area contributed by atoms with Crippen LogP contribution in [0.4, 0.5) is 0 Å². The fourth-order valence-corrected chi connectivity index (χ4v) is 1.15. The highest BCUT2D eigenvalue weighted by atomic mass is 16.5. The first kappa shape index (κ1) is 11.7. The van der Waals surface area contributed by atoms with Crippen molar-refractivity contribution in [3.63, 3.8) is 0 Å². The largest absolute Gasteiger partial charge is 0.493 e. The lowest BCUT2D eigenvalue weighted by Crippen LogP contribution is -2.12. The number of aliphatic hydroxyl groups excluding tert-OH is 1. The third kappa shape index (κ3) is 4.61. The minimum absolute atomic E-state index is 0.0528. The van der Waals surface area contributed by atoms with Crippen LogP contribution in [0.25, 0.3) is 0 Å². The van der Waals surface area contributed by atoms with Crippen molar-refractivity contribution in [1.82, 2.24) is 0 Å². The molecule has 0 aliphatic rings. The van der Waals surface area contributed by atoms with E-state index in [2.05, 4.69) is 0 Å². The third-order valence-corrected chi connectivity index (χ3v) is 2.06. The molecule has 0 aromatic heterocycles. The van der Waals surface area contributed by atoms with Crippen LogP contribution in [0.5, 0.6) is 5.75 Å². The third-order valence-electron chi connectivity index (χ3n) is 2.06. The highest BCUT2D eigenvalue weighted by molar-refractivity contribution is 5.51. The van der Waals surface area contributed by atoms with Gasteiger partial charge in [-0.1, -0.05) is 17.7 Å². The molecule has 3 nitrogen and oxygen atoms in total. The van der Waals surface area contributed by atoms with E-state index in [9.17, 15) is 9.90 Å². The summed E-state index contributed by atoms with van der Waals surface area (Å²) in [5.74, 6) is 0.780. The van der Waals surface area contributed by atoms with E-state index in [1.54, 1.807) is 6.29 Å². The number of benzene rings is 1. The van der Waals surface area contributed by atoms with E-state index < -0.39 is 6.10 Å². The molecule has 0 aliphatic carbocycles. The Morgan fingerprint density at radius 1 is 1.40 bits per heavy atom. The number of aliphatic hydroxyl groups is 1. The van der Waals surface area contributed by atoms with Gasteiger partial charge in [0, 0.05) is 12.8 Å². The zero-order valence-corrected chi connectivity index (χ0v) is 8.77. The number of hydrogen-bond acceptors (Lipinski definition) is 3. The van der Waals surface area contributed by atoms with Gasteiger partial charge in [-0.05, 0) is 19.1 Å². The Labute approximate surface area is 89.7 Å². The Morgan fingerprint density at radius 2 is 2.07 bits per heavy atom. The molecule has 0 amide bonds. The predicted molar refractivity (Wildman–Crippen MR) is 57.6 cm³/mol. The van der Waals surface area contributed by atoms with Crippen molar-refractivity contribution >= 4 is 6.29 Å². The molecule has 0 heterocycles. The van der Waals surface area contributed by atoms with Crippen LogP contribution >= 0.6 is 0 Å². The van der Waals surface area contributed by atoms with Crippen LogP contribution < -0.4 is 4.74 Å². The highest BCUT2D eigenvalue weighted by Crippen LogP contribution is 2.11. The minimum Gasteiger partial charge on any atom is -0.493 e. The number of aryl methyl sites for hydroxylation is 1. The van der Waals surface area contributed by atoms with Gasteiger partial charge in [0.2, 0.25) is 6.29 Å². The zero-order chi connectivity index (χ0) is 11.1. The summed E-state index contributed by atoms with van der Waals surface area (Å²) in [6.45, 7) is 2.42. The number of rotatable bonds is 6. The molecule has 0 bridgehead atoms. The minimum atomic E-state index is -0.645. The van der Waals surface area contributed by atoms with E-state index >= 15 is 0 Å². The van der Waals surface area contributed by atoms with E-state index in [-0.39, 0.29) is 6.42 Å². The molecule has 0 aliphatic heterocycles. The first-order valence-electron chi connectivity index (χ1n) is 4.95. The molecule has 3 heteroatoms. The number of ether oxygens (including phenoxy) is 1. The molecule has 1 atom stereocenters. The molecule has 1 N–H and O–H groups in total. The molecule has 1 aromatic rings. The first-order chi connectivity index (χ1) is 7.22.